The van der Waals surface area contributed by atoms with Crippen LogP contribution >= 0.6 is 0 Å². The van der Waals surface area contributed by atoms with E-state index in [1.807, 2.05) is 0 Å². The summed E-state index contributed by atoms with van der Waals surface area (Å²) < 4.78 is 74.7. The highest BCUT2D eigenvalue weighted by molar-refractivity contribution is 6.06. The summed E-state index contributed by atoms with van der Waals surface area (Å²) >= 11 is 0. The lowest BCUT2D eigenvalue weighted by atomic mass is 10.1. The second-order valence-electron chi connectivity index (χ2n) is 6.29. The van der Waals surface area contributed by atoms with Gasteiger partial charge in [0.05, 0.1) is 11.1 Å². The third-order valence-electron chi connectivity index (χ3n) is 4.32. The Kier molecular flexibility index (Phi) is 4.99. The van der Waals surface area contributed by atoms with E-state index in [0.29, 0.717) is 17.5 Å². The van der Waals surface area contributed by atoms with Gasteiger partial charge < -0.3 is 4.74 Å². The SMILES string of the molecule is CCCCn1nc(C(F)(F)F)c2c1C(=O)C(F)(F)[C@H]2OC(=O)c1ccccc1. The molecule has 1 aliphatic rings. The highest BCUT2D eigenvalue weighted by Gasteiger charge is 2.63. The number of alkyl halides is 5. The van der Waals surface area contributed by atoms with Gasteiger partial charge in [0, 0.05) is 6.54 Å². The zero-order valence-corrected chi connectivity index (χ0v) is 14.6. The van der Waals surface area contributed by atoms with Crippen molar-refractivity contribution in [1.29, 1.82) is 0 Å². The number of hydrogen-bond acceptors (Lipinski definition) is 4. The van der Waals surface area contributed by atoms with Crippen molar-refractivity contribution in [1.82, 2.24) is 9.78 Å². The Morgan fingerprint density at radius 2 is 1.89 bits per heavy atom. The van der Waals surface area contributed by atoms with Crippen LogP contribution in [0.1, 0.15) is 58.0 Å². The minimum atomic E-state index is -5.10. The van der Waals surface area contributed by atoms with Crippen LogP contribution in [0.25, 0.3) is 0 Å². The molecule has 1 aliphatic carbocycles. The minimum absolute atomic E-state index is 0.133. The molecule has 1 aromatic carbocycles. The predicted molar refractivity (Wildman–Crippen MR) is 86.0 cm³/mol. The fourth-order valence-electron chi connectivity index (χ4n) is 2.98. The first-order chi connectivity index (χ1) is 13.1. The van der Waals surface area contributed by atoms with Crippen molar-refractivity contribution in [3.63, 3.8) is 0 Å². The summed E-state index contributed by atoms with van der Waals surface area (Å²) in [6.45, 7) is 1.60. The quantitative estimate of drug-likeness (QED) is 0.548. The number of ether oxygens (including phenoxy) is 1. The van der Waals surface area contributed by atoms with E-state index in [4.69, 9.17) is 4.74 Å². The molecular formula is C18H15F5N2O3. The lowest BCUT2D eigenvalue weighted by molar-refractivity contribution is -0.145. The number of aryl methyl sites for hydroxylation is 1. The van der Waals surface area contributed by atoms with Crippen LogP contribution in [0.4, 0.5) is 22.0 Å². The zero-order chi connectivity index (χ0) is 20.7. The molecular weight excluding hydrogens is 387 g/mol. The molecule has 0 amide bonds. The van der Waals surface area contributed by atoms with E-state index in [1.165, 1.54) is 24.3 Å². The number of esters is 1. The van der Waals surface area contributed by atoms with Gasteiger partial charge in [-0.3, -0.25) is 9.48 Å². The Hall–Kier alpha value is -2.78. The average Bonchev–Trinajstić information content (AvgIpc) is 3.10. The monoisotopic (exact) mass is 402 g/mol. The van der Waals surface area contributed by atoms with Gasteiger partial charge in [0.1, 0.15) is 5.69 Å². The molecule has 0 bridgehead atoms. The first-order valence-electron chi connectivity index (χ1n) is 8.45. The van der Waals surface area contributed by atoms with Crippen molar-refractivity contribution < 1.29 is 36.3 Å². The molecule has 1 heterocycles. The second kappa shape index (κ2) is 6.99. The van der Waals surface area contributed by atoms with E-state index in [2.05, 4.69) is 5.10 Å². The Morgan fingerprint density at radius 1 is 1.25 bits per heavy atom. The van der Waals surface area contributed by atoms with Gasteiger partial charge in [0.15, 0.2) is 5.69 Å². The second-order valence-corrected chi connectivity index (χ2v) is 6.29. The van der Waals surface area contributed by atoms with Crippen LogP contribution in [0.2, 0.25) is 0 Å². The molecule has 0 saturated heterocycles. The van der Waals surface area contributed by atoms with Gasteiger partial charge in [-0.05, 0) is 18.6 Å². The number of benzene rings is 1. The molecule has 10 heteroatoms. The standard InChI is InChI=1S/C18H15F5N2O3/c1-2-3-9-25-12-11(13(24-25)18(21,22)23)15(17(19,20)14(12)26)28-16(27)10-7-5-4-6-8-10/h4-8,15H,2-3,9H2,1H3/t15-/m0/s1. The Bertz CT molecular complexity index is 906. The summed E-state index contributed by atoms with van der Waals surface area (Å²) in [5, 5.41) is 3.33. The summed E-state index contributed by atoms with van der Waals surface area (Å²) in [4.78, 5) is 24.4. The Labute approximate surface area is 156 Å². The van der Waals surface area contributed by atoms with E-state index in [-0.39, 0.29) is 12.1 Å². The number of carbonyl (C=O) groups is 2. The molecule has 28 heavy (non-hydrogen) atoms. The fourth-order valence-corrected chi connectivity index (χ4v) is 2.98. The van der Waals surface area contributed by atoms with E-state index in [1.54, 1.807) is 13.0 Å². The maximum Gasteiger partial charge on any atom is 0.435 e. The van der Waals surface area contributed by atoms with Crippen molar-refractivity contribution in [3.05, 3.63) is 52.8 Å². The van der Waals surface area contributed by atoms with Crippen molar-refractivity contribution in [2.24, 2.45) is 0 Å². The van der Waals surface area contributed by atoms with Gasteiger partial charge in [0.25, 0.3) is 5.78 Å². The Morgan fingerprint density at radius 3 is 2.46 bits per heavy atom. The van der Waals surface area contributed by atoms with Gasteiger partial charge in [-0.15, -0.1) is 0 Å². The van der Waals surface area contributed by atoms with E-state index < -0.39 is 46.9 Å². The number of hydrogen-bond donors (Lipinski definition) is 0. The number of halogens is 5. The molecule has 150 valence electrons. The molecule has 0 aliphatic heterocycles. The number of fused-ring (bicyclic) bond motifs is 1. The normalized spacial score (nSPS) is 18.2. The highest BCUT2D eigenvalue weighted by atomic mass is 19.4. The molecule has 3 rings (SSSR count). The highest BCUT2D eigenvalue weighted by Crippen LogP contribution is 2.50. The van der Waals surface area contributed by atoms with Crippen molar-refractivity contribution >= 4 is 11.8 Å². The lowest BCUT2D eigenvalue weighted by Gasteiger charge is -2.20. The van der Waals surface area contributed by atoms with E-state index in [0.717, 1.165) is 0 Å². The molecule has 5 nitrogen and oxygen atoms in total. The van der Waals surface area contributed by atoms with Gasteiger partial charge in [0.2, 0.25) is 6.10 Å². The smallest absolute Gasteiger partial charge is 0.435 e. The lowest BCUT2D eigenvalue weighted by Crippen LogP contribution is -2.33. The molecule has 0 radical (unpaired) electrons. The third kappa shape index (κ3) is 3.27. The largest absolute Gasteiger partial charge is 0.447 e. The number of rotatable bonds is 5. The maximum absolute atomic E-state index is 14.5. The van der Waals surface area contributed by atoms with E-state index >= 15 is 0 Å². The van der Waals surface area contributed by atoms with Crippen LogP contribution in [-0.2, 0) is 17.5 Å². The van der Waals surface area contributed by atoms with Crippen molar-refractivity contribution in [2.45, 2.75) is 44.5 Å². The van der Waals surface area contributed by atoms with Crippen LogP contribution in [0, 0.1) is 0 Å². The summed E-state index contributed by atoms with van der Waals surface area (Å²) in [7, 11) is 0. The molecule has 0 saturated carbocycles. The van der Waals surface area contributed by atoms with Crippen LogP contribution in [0.15, 0.2) is 30.3 Å². The third-order valence-corrected chi connectivity index (χ3v) is 4.32. The van der Waals surface area contributed by atoms with Crippen LogP contribution in [0.3, 0.4) is 0 Å². The fraction of sp³-hybridized carbons (Fsp3) is 0.389. The van der Waals surface area contributed by atoms with Crippen LogP contribution in [-0.4, -0.2) is 27.5 Å². The molecule has 0 fully saturated rings. The topological polar surface area (TPSA) is 61.2 Å². The molecule has 1 atom stereocenters. The van der Waals surface area contributed by atoms with Gasteiger partial charge >= 0.3 is 18.1 Å². The predicted octanol–water partition coefficient (Wildman–Crippen LogP) is 4.43. The first kappa shape index (κ1) is 20.0. The molecule has 0 unspecified atom stereocenters. The van der Waals surface area contributed by atoms with Gasteiger partial charge in [-0.2, -0.15) is 27.1 Å². The maximum atomic E-state index is 14.5. The van der Waals surface area contributed by atoms with Gasteiger partial charge in [-0.1, -0.05) is 31.5 Å². The number of ketones is 1. The summed E-state index contributed by atoms with van der Waals surface area (Å²) in [5.41, 5.74) is -3.74. The van der Waals surface area contributed by atoms with Crippen LogP contribution in [0.5, 0.6) is 0 Å². The number of Topliss-reactive ketones (excluding diaryl/α,β-unsaturated/α-hetero) is 1. The number of carbonyl (C=O) groups excluding carboxylic acids is 2. The van der Waals surface area contributed by atoms with E-state index in [9.17, 15) is 31.5 Å². The molecule has 2 aromatic rings. The average molecular weight is 402 g/mol. The summed E-state index contributed by atoms with van der Waals surface area (Å²) in [6.07, 6.45) is -6.92. The zero-order valence-electron chi connectivity index (χ0n) is 14.6. The van der Waals surface area contributed by atoms with Crippen molar-refractivity contribution in [3.8, 4) is 0 Å². The number of nitrogens with zero attached hydrogens (tertiary/aromatic N) is 2. The number of aromatic nitrogens is 2. The Balaban J connectivity index is 2.09. The molecule has 0 spiro atoms. The minimum Gasteiger partial charge on any atom is -0.447 e. The number of unbranched alkanes of at least 4 members (excludes halogenated alkanes) is 1. The van der Waals surface area contributed by atoms with Crippen molar-refractivity contribution in [2.75, 3.05) is 0 Å². The van der Waals surface area contributed by atoms with Gasteiger partial charge in [-0.25, -0.2) is 4.79 Å². The molecule has 0 N–H and O–H groups in total. The summed E-state index contributed by atoms with van der Waals surface area (Å²) in [5.74, 6) is -7.43. The molecule has 1 aromatic heterocycles. The summed E-state index contributed by atoms with van der Waals surface area (Å²) in [6, 6.07) is 6.94. The first-order valence-corrected chi connectivity index (χ1v) is 8.45. The van der Waals surface area contributed by atoms with Crippen LogP contribution < -0.4 is 0 Å².